The molecular formula is C14H8FN3O3. The zero-order valence-electron chi connectivity index (χ0n) is 10.5. The van der Waals surface area contributed by atoms with Gasteiger partial charge in [-0.25, -0.2) is 9.88 Å². The first-order valence-corrected chi connectivity index (χ1v) is 5.94. The Morgan fingerprint density at radius 3 is 2.62 bits per heavy atom. The van der Waals surface area contributed by atoms with Gasteiger partial charge in [-0.1, -0.05) is 6.07 Å². The van der Waals surface area contributed by atoms with E-state index in [1.807, 2.05) is 0 Å². The fraction of sp³-hybridized carbons (Fsp3) is 0. The Bertz CT molecular complexity index is 804. The van der Waals surface area contributed by atoms with Gasteiger partial charge < -0.3 is 5.73 Å². The Morgan fingerprint density at radius 2 is 1.95 bits per heavy atom. The lowest BCUT2D eigenvalue weighted by Crippen LogP contribution is -2.36. The maximum absolute atomic E-state index is 13.1. The van der Waals surface area contributed by atoms with Crippen LogP contribution in [0.15, 0.2) is 36.5 Å². The predicted octanol–water partition coefficient (Wildman–Crippen LogP) is 1.24. The van der Waals surface area contributed by atoms with Crippen LogP contribution >= 0.6 is 0 Å². The molecule has 2 N–H and O–H groups in total. The van der Waals surface area contributed by atoms with E-state index in [0.717, 1.165) is 12.3 Å². The Kier molecular flexibility index (Phi) is 2.76. The van der Waals surface area contributed by atoms with Crippen molar-refractivity contribution in [3.05, 3.63) is 59.2 Å². The number of fused-ring (bicyclic) bond motifs is 1. The van der Waals surface area contributed by atoms with Crippen LogP contribution in [-0.4, -0.2) is 27.6 Å². The summed E-state index contributed by atoms with van der Waals surface area (Å²) in [5, 5.41) is 0. The molecule has 0 atom stereocenters. The molecule has 0 radical (unpaired) electrons. The fourth-order valence-electron chi connectivity index (χ4n) is 2.16. The fourth-order valence-corrected chi connectivity index (χ4v) is 2.16. The Hall–Kier alpha value is -3.09. The lowest BCUT2D eigenvalue weighted by Gasteiger charge is -2.11. The van der Waals surface area contributed by atoms with Gasteiger partial charge in [0.15, 0.2) is 0 Å². The zero-order valence-corrected chi connectivity index (χ0v) is 10.5. The van der Waals surface area contributed by atoms with Crippen LogP contribution in [0.5, 0.6) is 0 Å². The van der Waals surface area contributed by atoms with Gasteiger partial charge in [0, 0.05) is 23.5 Å². The van der Waals surface area contributed by atoms with E-state index in [1.165, 1.54) is 24.3 Å². The number of rotatable bonds is 1. The van der Waals surface area contributed by atoms with Gasteiger partial charge >= 0.3 is 0 Å². The molecule has 0 spiro atoms. The highest BCUT2D eigenvalue weighted by Gasteiger charge is 2.41. The number of nitrogens with zero attached hydrogens (tertiary/aromatic N) is 2. The van der Waals surface area contributed by atoms with Crippen LogP contribution in [0.3, 0.4) is 0 Å². The van der Waals surface area contributed by atoms with Crippen LogP contribution in [0.2, 0.25) is 0 Å². The van der Waals surface area contributed by atoms with Crippen molar-refractivity contribution in [2.24, 2.45) is 0 Å². The van der Waals surface area contributed by atoms with Crippen molar-refractivity contribution in [3.8, 4) is 0 Å². The van der Waals surface area contributed by atoms with E-state index < -0.39 is 23.7 Å². The SMILES string of the molecule is Nc1cccc2c1C(=O)N(C(=O)c1ccnc(F)c1)C2=O. The highest BCUT2D eigenvalue weighted by Crippen LogP contribution is 2.28. The number of carbonyl (C=O) groups is 3. The Balaban J connectivity index is 2.06. The molecule has 0 unspecified atom stereocenters. The van der Waals surface area contributed by atoms with Crippen molar-refractivity contribution < 1.29 is 18.8 Å². The minimum Gasteiger partial charge on any atom is -0.398 e. The summed E-state index contributed by atoms with van der Waals surface area (Å²) in [6.45, 7) is 0. The average molecular weight is 285 g/mol. The number of pyridine rings is 1. The van der Waals surface area contributed by atoms with Crippen molar-refractivity contribution in [1.82, 2.24) is 9.88 Å². The summed E-state index contributed by atoms with van der Waals surface area (Å²) in [6, 6.07) is 6.46. The Labute approximate surface area is 118 Å². The molecular weight excluding hydrogens is 277 g/mol. The lowest BCUT2D eigenvalue weighted by atomic mass is 10.1. The minimum absolute atomic E-state index is 0.00891. The van der Waals surface area contributed by atoms with Crippen molar-refractivity contribution >= 4 is 23.4 Å². The van der Waals surface area contributed by atoms with Crippen molar-refractivity contribution in [3.63, 3.8) is 0 Å². The Morgan fingerprint density at radius 1 is 1.19 bits per heavy atom. The monoisotopic (exact) mass is 285 g/mol. The quantitative estimate of drug-likeness (QED) is 0.483. The molecule has 21 heavy (non-hydrogen) atoms. The summed E-state index contributed by atoms with van der Waals surface area (Å²) >= 11 is 0. The number of hydrogen-bond acceptors (Lipinski definition) is 5. The maximum atomic E-state index is 13.1. The third-order valence-electron chi connectivity index (χ3n) is 3.12. The second-order valence-corrected chi connectivity index (χ2v) is 4.39. The molecule has 0 bridgehead atoms. The summed E-state index contributed by atoms with van der Waals surface area (Å²) in [7, 11) is 0. The molecule has 3 rings (SSSR count). The standard InChI is InChI=1S/C14H8FN3O3/c15-10-6-7(4-5-17-10)12(19)18-13(20)8-2-1-3-9(16)11(8)14(18)21/h1-6H,16H2. The average Bonchev–Trinajstić information content (AvgIpc) is 2.71. The van der Waals surface area contributed by atoms with Crippen molar-refractivity contribution in [2.45, 2.75) is 0 Å². The molecule has 2 heterocycles. The highest BCUT2D eigenvalue weighted by atomic mass is 19.1. The number of aromatic nitrogens is 1. The second-order valence-electron chi connectivity index (χ2n) is 4.39. The van der Waals surface area contributed by atoms with Gasteiger partial charge in [0.1, 0.15) is 0 Å². The summed E-state index contributed by atoms with van der Waals surface area (Å²) in [6.07, 6.45) is 1.08. The van der Waals surface area contributed by atoms with E-state index in [-0.39, 0.29) is 22.4 Å². The second kappa shape index (κ2) is 4.48. The van der Waals surface area contributed by atoms with E-state index in [1.54, 1.807) is 0 Å². The number of nitrogen functional groups attached to an aromatic ring is 1. The molecule has 104 valence electrons. The lowest BCUT2D eigenvalue weighted by molar-refractivity contribution is 0.0566. The molecule has 0 aliphatic carbocycles. The predicted molar refractivity (Wildman–Crippen MR) is 69.9 cm³/mol. The van der Waals surface area contributed by atoms with E-state index in [4.69, 9.17) is 5.73 Å². The highest BCUT2D eigenvalue weighted by molar-refractivity contribution is 6.32. The van der Waals surface area contributed by atoms with Gasteiger partial charge in [-0.15, -0.1) is 0 Å². The van der Waals surface area contributed by atoms with Gasteiger partial charge in [-0.3, -0.25) is 14.4 Å². The van der Waals surface area contributed by atoms with Gasteiger partial charge in [-0.05, 0) is 18.2 Å². The van der Waals surface area contributed by atoms with Crippen LogP contribution in [0, 0.1) is 5.95 Å². The number of anilines is 1. The number of nitrogens with two attached hydrogens (primary N) is 1. The molecule has 1 aliphatic rings. The first-order chi connectivity index (χ1) is 10.0. The normalized spacial score (nSPS) is 13.5. The van der Waals surface area contributed by atoms with E-state index >= 15 is 0 Å². The topological polar surface area (TPSA) is 93.4 Å². The minimum atomic E-state index is -0.915. The van der Waals surface area contributed by atoms with Crippen LogP contribution in [-0.2, 0) is 0 Å². The third kappa shape index (κ3) is 1.86. The summed E-state index contributed by atoms with van der Waals surface area (Å²) in [5.74, 6) is -3.38. The van der Waals surface area contributed by atoms with E-state index in [2.05, 4.69) is 4.98 Å². The zero-order chi connectivity index (χ0) is 15.1. The molecule has 1 aromatic heterocycles. The summed E-state index contributed by atoms with van der Waals surface area (Å²) < 4.78 is 13.1. The molecule has 0 saturated heterocycles. The largest absolute Gasteiger partial charge is 0.398 e. The molecule has 3 amide bonds. The first kappa shape index (κ1) is 12.9. The van der Waals surface area contributed by atoms with Crippen molar-refractivity contribution in [2.75, 3.05) is 5.73 Å². The number of carbonyl (C=O) groups excluding carboxylic acids is 3. The van der Waals surface area contributed by atoms with Crippen LogP contribution < -0.4 is 5.73 Å². The van der Waals surface area contributed by atoms with Crippen LogP contribution in [0.25, 0.3) is 0 Å². The maximum Gasteiger partial charge on any atom is 0.270 e. The first-order valence-electron chi connectivity index (χ1n) is 5.94. The number of imide groups is 3. The van der Waals surface area contributed by atoms with Gasteiger partial charge in [-0.2, -0.15) is 4.39 Å². The van der Waals surface area contributed by atoms with Crippen LogP contribution in [0.4, 0.5) is 10.1 Å². The number of halogens is 1. The third-order valence-corrected chi connectivity index (χ3v) is 3.12. The van der Waals surface area contributed by atoms with Gasteiger partial charge in [0.2, 0.25) is 5.95 Å². The molecule has 0 saturated carbocycles. The smallest absolute Gasteiger partial charge is 0.270 e. The molecule has 1 aromatic carbocycles. The molecule has 6 nitrogen and oxygen atoms in total. The molecule has 2 aromatic rings. The van der Waals surface area contributed by atoms with Gasteiger partial charge in [0.05, 0.1) is 11.1 Å². The number of amides is 3. The molecule has 7 heteroatoms. The molecule has 1 aliphatic heterocycles. The molecule has 0 fully saturated rings. The number of hydrogen-bond donors (Lipinski definition) is 1. The van der Waals surface area contributed by atoms with Crippen molar-refractivity contribution in [1.29, 1.82) is 0 Å². The summed E-state index contributed by atoms with van der Waals surface area (Å²) in [5.41, 5.74) is 5.69. The number of benzene rings is 1. The van der Waals surface area contributed by atoms with E-state index in [0.29, 0.717) is 4.90 Å². The van der Waals surface area contributed by atoms with E-state index in [9.17, 15) is 18.8 Å². The summed E-state index contributed by atoms with van der Waals surface area (Å²) in [4.78, 5) is 40.4. The van der Waals surface area contributed by atoms with Crippen LogP contribution in [0.1, 0.15) is 31.1 Å². The van der Waals surface area contributed by atoms with Gasteiger partial charge in [0.25, 0.3) is 17.7 Å².